The molecule has 0 spiro atoms. The molecule has 1 aromatic heterocycles. The lowest BCUT2D eigenvalue weighted by molar-refractivity contribution is -0.132. The molecule has 0 bridgehead atoms. The Kier molecular flexibility index (Phi) is 6.19. The molecule has 6 nitrogen and oxygen atoms in total. The monoisotopic (exact) mass is 505 g/mol. The summed E-state index contributed by atoms with van der Waals surface area (Å²) in [4.78, 5) is 20.8. The van der Waals surface area contributed by atoms with E-state index in [-0.39, 0.29) is 10.8 Å². The number of nitrogens with zero attached hydrogens (tertiary/aromatic N) is 2. The maximum Gasteiger partial charge on any atom is 0.268 e. The lowest BCUT2D eigenvalue weighted by Gasteiger charge is -2.27. The number of amides is 1. The lowest BCUT2D eigenvalue weighted by atomic mass is 9.86. The molecule has 1 amide bonds. The number of aliphatic hydroxyl groups is 1. The highest BCUT2D eigenvalue weighted by molar-refractivity contribution is 7.98. The average Bonchev–Trinajstić information content (AvgIpc) is 3.00. The quantitative estimate of drug-likeness (QED) is 0.514. The van der Waals surface area contributed by atoms with Crippen LogP contribution in [-0.2, 0) is 37.5 Å². The van der Waals surface area contributed by atoms with Crippen molar-refractivity contribution in [3.8, 4) is 0 Å². The van der Waals surface area contributed by atoms with Gasteiger partial charge in [0.2, 0.25) is 0 Å². The molecule has 2 heterocycles. The van der Waals surface area contributed by atoms with E-state index in [1.807, 2.05) is 24.3 Å². The molecule has 0 saturated heterocycles. The van der Waals surface area contributed by atoms with Gasteiger partial charge in [0.1, 0.15) is 0 Å². The number of aromatic nitrogens is 1. The molecule has 4 rings (SSSR count). The molecule has 2 aromatic carbocycles. The molecular formula is C29H35N3O3S. The van der Waals surface area contributed by atoms with Crippen LogP contribution >= 0.6 is 0 Å². The molecule has 2 unspecified atom stereocenters. The Bertz CT molecular complexity index is 1400. The van der Waals surface area contributed by atoms with Gasteiger partial charge in [0.05, 0.1) is 21.9 Å². The van der Waals surface area contributed by atoms with Crippen molar-refractivity contribution in [1.29, 1.82) is 0 Å². The number of para-hydroxylation sites is 1. The normalized spacial score (nSPS) is 19.8. The van der Waals surface area contributed by atoms with Crippen molar-refractivity contribution < 1.29 is 14.1 Å². The van der Waals surface area contributed by atoms with Crippen molar-refractivity contribution in [1.82, 2.24) is 4.98 Å². The second-order valence-corrected chi connectivity index (χ2v) is 13.5. The fourth-order valence-corrected chi connectivity index (χ4v) is 5.02. The third kappa shape index (κ3) is 4.59. The summed E-state index contributed by atoms with van der Waals surface area (Å²) in [7, 11) is -2.90. The molecule has 7 heteroatoms. The van der Waals surface area contributed by atoms with E-state index in [1.165, 1.54) is 0 Å². The number of benzene rings is 2. The van der Waals surface area contributed by atoms with E-state index in [0.29, 0.717) is 28.3 Å². The first-order valence-corrected chi connectivity index (χ1v) is 13.7. The van der Waals surface area contributed by atoms with E-state index in [2.05, 4.69) is 47.4 Å². The zero-order chi connectivity index (χ0) is 26.7. The molecule has 1 aliphatic rings. The van der Waals surface area contributed by atoms with E-state index in [0.717, 1.165) is 17.0 Å². The topological polar surface area (TPSA) is 96.5 Å². The molecular weight excluding hydrogens is 470 g/mol. The Morgan fingerprint density at radius 2 is 1.50 bits per heavy atom. The van der Waals surface area contributed by atoms with Crippen molar-refractivity contribution in [2.45, 2.75) is 69.4 Å². The van der Waals surface area contributed by atoms with Crippen LogP contribution in [0.1, 0.15) is 69.6 Å². The number of fused-ring (bicyclic) bond motifs is 1. The minimum atomic E-state index is -2.90. The van der Waals surface area contributed by atoms with Crippen LogP contribution in [0.5, 0.6) is 0 Å². The van der Waals surface area contributed by atoms with Crippen LogP contribution < -0.4 is 10.0 Å². The van der Waals surface area contributed by atoms with Crippen LogP contribution in [0, 0.1) is 0 Å². The van der Waals surface area contributed by atoms with E-state index < -0.39 is 21.2 Å². The van der Waals surface area contributed by atoms with Gasteiger partial charge in [0.15, 0.2) is 5.60 Å². The highest BCUT2D eigenvalue weighted by Gasteiger charge is 2.51. The van der Waals surface area contributed by atoms with Crippen molar-refractivity contribution >= 4 is 27.2 Å². The third-order valence-corrected chi connectivity index (χ3v) is 7.64. The predicted octanol–water partition coefficient (Wildman–Crippen LogP) is 4.41. The maximum atomic E-state index is 13.9. The number of carbonyl (C=O) groups is 1. The maximum absolute atomic E-state index is 13.9. The van der Waals surface area contributed by atoms with E-state index in [9.17, 15) is 14.1 Å². The molecule has 0 aliphatic carbocycles. The Labute approximate surface area is 214 Å². The van der Waals surface area contributed by atoms with Gasteiger partial charge in [-0.25, -0.2) is 4.21 Å². The summed E-state index contributed by atoms with van der Waals surface area (Å²) in [6, 6.07) is 17.6. The molecule has 0 radical (unpaired) electrons. The van der Waals surface area contributed by atoms with Gasteiger partial charge in [-0.3, -0.25) is 14.9 Å². The minimum absolute atomic E-state index is 0.165. The summed E-state index contributed by atoms with van der Waals surface area (Å²) in [6.07, 6.45) is 0. The van der Waals surface area contributed by atoms with Crippen molar-refractivity contribution in [3.63, 3.8) is 0 Å². The highest BCUT2D eigenvalue weighted by atomic mass is 32.2. The first-order valence-electron chi connectivity index (χ1n) is 11.9. The number of rotatable bonds is 4. The van der Waals surface area contributed by atoms with E-state index in [1.54, 1.807) is 41.3 Å². The van der Waals surface area contributed by atoms with Crippen molar-refractivity contribution in [3.05, 3.63) is 88.7 Å². The van der Waals surface area contributed by atoms with Gasteiger partial charge < -0.3 is 10.0 Å². The van der Waals surface area contributed by atoms with Gasteiger partial charge in [-0.1, -0.05) is 71.9 Å². The molecule has 3 N–H and O–H groups in total. The molecule has 1 aliphatic heterocycles. The summed E-state index contributed by atoms with van der Waals surface area (Å²) in [5.74, 6) is 3.07. The van der Waals surface area contributed by atoms with Crippen LogP contribution in [0.2, 0.25) is 0 Å². The van der Waals surface area contributed by atoms with Crippen LogP contribution in [-0.4, -0.2) is 26.1 Å². The zero-order valence-electron chi connectivity index (χ0n) is 21.8. The van der Waals surface area contributed by atoms with E-state index in [4.69, 9.17) is 10.1 Å². The first kappa shape index (κ1) is 26.1. The lowest BCUT2D eigenvalue weighted by Crippen LogP contribution is -2.41. The second-order valence-electron chi connectivity index (χ2n) is 11.6. The van der Waals surface area contributed by atoms with Crippen molar-refractivity contribution in [2.75, 3.05) is 4.90 Å². The number of pyridine rings is 1. The van der Waals surface area contributed by atoms with Gasteiger partial charge >= 0.3 is 0 Å². The molecule has 3 aromatic rings. The Balaban J connectivity index is 1.81. The average molecular weight is 506 g/mol. The molecule has 2 atom stereocenters. The molecule has 190 valence electrons. The number of hydrogen-bond acceptors (Lipinski definition) is 4. The van der Waals surface area contributed by atoms with Gasteiger partial charge in [-0.15, -0.1) is 0 Å². The van der Waals surface area contributed by atoms with Crippen LogP contribution in [0.25, 0.3) is 0 Å². The zero-order valence-corrected chi connectivity index (χ0v) is 22.6. The number of carbonyl (C=O) groups excluding carboxylic acids is 1. The molecule has 0 saturated carbocycles. The summed E-state index contributed by atoms with van der Waals surface area (Å²) >= 11 is 0. The number of nitrogens with two attached hydrogens (primary N) is 1. The summed E-state index contributed by atoms with van der Waals surface area (Å²) in [6.45, 7) is 13.0. The fraction of sp³-hybridized carbons (Fsp3) is 0.345. The largest absolute Gasteiger partial charge is 0.372 e. The van der Waals surface area contributed by atoms with E-state index >= 15 is 0 Å². The summed E-state index contributed by atoms with van der Waals surface area (Å²) in [5.41, 5.74) is 2.19. The van der Waals surface area contributed by atoms with Gasteiger partial charge in [0, 0.05) is 32.7 Å². The summed E-state index contributed by atoms with van der Waals surface area (Å²) in [5, 5.41) is 17.5. The second kappa shape index (κ2) is 8.54. The first-order chi connectivity index (χ1) is 16.5. The van der Waals surface area contributed by atoms with Crippen molar-refractivity contribution in [2.24, 2.45) is 5.14 Å². The summed E-state index contributed by atoms with van der Waals surface area (Å²) < 4.78 is 12.1. The minimum Gasteiger partial charge on any atom is -0.372 e. The Morgan fingerprint density at radius 3 is 2.00 bits per heavy atom. The Morgan fingerprint density at radius 1 is 0.972 bits per heavy atom. The highest BCUT2D eigenvalue weighted by Crippen LogP contribution is 2.45. The molecule has 0 fully saturated rings. The van der Waals surface area contributed by atoms with Crippen LogP contribution in [0.4, 0.5) is 5.69 Å². The van der Waals surface area contributed by atoms with Crippen LogP contribution in [0.3, 0.4) is 0 Å². The Hall–Kier alpha value is -3.00. The molecule has 36 heavy (non-hydrogen) atoms. The standard InChI is InChI=1S/C29H35N3O3S/c1-27(2,3)24-16-19(17-25(31-24)28(4,5)6)18-32-23-11-9-8-10-22(23)29(34,26(32)33)20-12-14-21(15-13-20)36(7,30)35/h8-17,34H,7,18H2,1-6H3,(H2,30,35). The fourth-order valence-electron chi connectivity index (χ4n) is 4.43. The van der Waals surface area contributed by atoms with Gasteiger partial charge in [0.25, 0.3) is 5.91 Å². The SMILES string of the molecule is C=S(N)(=O)c1ccc(C2(O)C(=O)N(Cc3cc(C(C)(C)C)nc(C(C)(C)C)c3)c3ccccc32)cc1. The van der Waals surface area contributed by atoms with Crippen LogP contribution in [0.15, 0.2) is 65.6 Å². The smallest absolute Gasteiger partial charge is 0.268 e. The number of hydrogen-bond donors (Lipinski definition) is 2. The van der Waals surface area contributed by atoms with Gasteiger partial charge in [-0.05, 0) is 47.3 Å². The number of anilines is 1. The third-order valence-electron chi connectivity index (χ3n) is 6.57. The van der Waals surface area contributed by atoms with Gasteiger partial charge in [-0.2, -0.15) is 0 Å². The predicted molar refractivity (Wildman–Crippen MR) is 146 cm³/mol.